The Kier molecular flexibility index (Phi) is 3.78. The third-order valence-corrected chi connectivity index (χ3v) is 3.16. The molecule has 0 atom stereocenters. The number of ketones is 1. The maximum Gasteiger partial charge on any atom is 0.200 e. The Morgan fingerprint density at radius 3 is 2.33 bits per heavy atom. The maximum absolute atomic E-state index is 12.3. The molecule has 0 aliphatic heterocycles. The van der Waals surface area contributed by atoms with Gasteiger partial charge in [-0.15, -0.1) is 0 Å². The average Bonchev–Trinajstić information content (AvgIpc) is 3.04. The van der Waals surface area contributed by atoms with Gasteiger partial charge >= 0.3 is 0 Å². The van der Waals surface area contributed by atoms with Gasteiger partial charge in [-0.2, -0.15) is 5.10 Å². The highest BCUT2D eigenvalue weighted by molar-refractivity contribution is 5.97. The van der Waals surface area contributed by atoms with Crippen LogP contribution in [0.3, 0.4) is 0 Å². The molecule has 0 bridgehead atoms. The number of Topliss-reactive ketones (excluding diaryl/α,β-unsaturated/α-hetero) is 1. The third-order valence-electron chi connectivity index (χ3n) is 3.16. The summed E-state index contributed by atoms with van der Waals surface area (Å²) in [5, 5.41) is 7.35. The Bertz CT molecular complexity index is 720. The van der Waals surface area contributed by atoms with Crippen molar-refractivity contribution in [2.75, 3.05) is 11.9 Å². The Morgan fingerprint density at radius 1 is 0.952 bits per heavy atom. The second-order valence-electron chi connectivity index (χ2n) is 4.61. The second-order valence-corrected chi connectivity index (χ2v) is 4.61. The molecule has 1 heterocycles. The quantitative estimate of drug-likeness (QED) is 0.729. The zero-order chi connectivity index (χ0) is 14.5. The molecule has 2 aromatic carbocycles. The summed E-state index contributed by atoms with van der Waals surface area (Å²) >= 11 is 0. The maximum atomic E-state index is 12.3. The number of carbonyl (C=O) groups is 1. The first-order valence-corrected chi connectivity index (χ1v) is 6.76. The predicted octanol–water partition coefficient (Wildman–Crippen LogP) is 3.17. The van der Waals surface area contributed by atoms with Crippen LogP contribution in [-0.2, 0) is 0 Å². The molecule has 0 aliphatic carbocycles. The van der Waals surface area contributed by atoms with Crippen molar-refractivity contribution in [2.45, 2.75) is 0 Å². The van der Waals surface area contributed by atoms with Crippen molar-refractivity contribution in [3.8, 4) is 5.69 Å². The van der Waals surface area contributed by atoms with Crippen molar-refractivity contribution in [1.29, 1.82) is 0 Å². The molecule has 0 amide bonds. The van der Waals surface area contributed by atoms with E-state index < -0.39 is 0 Å². The van der Waals surface area contributed by atoms with E-state index in [2.05, 4.69) is 10.4 Å². The fraction of sp³-hybridized carbons (Fsp3) is 0.0588. The van der Waals surface area contributed by atoms with E-state index in [1.807, 2.05) is 60.7 Å². The fourth-order valence-electron chi connectivity index (χ4n) is 2.12. The summed E-state index contributed by atoms with van der Waals surface area (Å²) in [6.45, 7) is 0.239. The molecule has 0 spiro atoms. The summed E-state index contributed by atoms with van der Waals surface area (Å²) in [6.07, 6.45) is 1.64. The summed E-state index contributed by atoms with van der Waals surface area (Å²) in [6, 6.07) is 21.0. The van der Waals surface area contributed by atoms with E-state index in [0.29, 0.717) is 5.69 Å². The normalized spacial score (nSPS) is 10.3. The Balaban J connectivity index is 1.76. The van der Waals surface area contributed by atoms with Gasteiger partial charge in [0, 0.05) is 5.69 Å². The fourth-order valence-corrected chi connectivity index (χ4v) is 2.12. The van der Waals surface area contributed by atoms with Crippen LogP contribution < -0.4 is 5.32 Å². The lowest BCUT2D eigenvalue weighted by Gasteiger charge is -2.08. The second kappa shape index (κ2) is 6.05. The predicted molar refractivity (Wildman–Crippen MR) is 82.8 cm³/mol. The Morgan fingerprint density at radius 2 is 1.62 bits per heavy atom. The molecule has 0 saturated carbocycles. The first-order chi connectivity index (χ1) is 10.3. The summed E-state index contributed by atoms with van der Waals surface area (Å²) in [4.78, 5) is 12.3. The molecule has 0 aliphatic rings. The number of anilines is 1. The van der Waals surface area contributed by atoms with Gasteiger partial charge in [-0.25, -0.2) is 4.68 Å². The molecule has 3 aromatic rings. The minimum Gasteiger partial charge on any atom is -0.378 e. The van der Waals surface area contributed by atoms with Gasteiger partial charge in [0.25, 0.3) is 0 Å². The number of benzene rings is 2. The zero-order valence-electron chi connectivity index (χ0n) is 11.4. The molecule has 4 heteroatoms. The van der Waals surface area contributed by atoms with E-state index in [0.717, 1.165) is 11.4 Å². The molecule has 21 heavy (non-hydrogen) atoms. The summed E-state index contributed by atoms with van der Waals surface area (Å²) < 4.78 is 1.66. The van der Waals surface area contributed by atoms with Crippen LogP contribution in [0.4, 0.5) is 5.69 Å². The molecule has 1 aromatic heterocycles. The van der Waals surface area contributed by atoms with E-state index in [1.165, 1.54) is 0 Å². The summed E-state index contributed by atoms with van der Waals surface area (Å²) in [7, 11) is 0. The molecule has 0 fully saturated rings. The van der Waals surface area contributed by atoms with Crippen molar-refractivity contribution in [3.63, 3.8) is 0 Å². The van der Waals surface area contributed by atoms with E-state index in [-0.39, 0.29) is 12.3 Å². The minimum absolute atomic E-state index is 0.000191. The highest BCUT2D eigenvalue weighted by Gasteiger charge is 2.12. The van der Waals surface area contributed by atoms with Crippen molar-refractivity contribution < 1.29 is 4.79 Å². The molecule has 4 nitrogen and oxygen atoms in total. The van der Waals surface area contributed by atoms with E-state index in [4.69, 9.17) is 0 Å². The van der Waals surface area contributed by atoms with Crippen LogP contribution in [0.1, 0.15) is 10.5 Å². The summed E-state index contributed by atoms with van der Waals surface area (Å²) in [5.74, 6) is 0.000191. The largest absolute Gasteiger partial charge is 0.378 e. The van der Waals surface area contributed by atoms with Gasteiger partial charge in [-0.3, -0.25) is 4.79 Å². The van der Waals surface area contributed by atoms with E-state index >= 15 is 0 Å². The van der Waals surface area contributed by atoms with Crippen molar-refractivity contribution >= 4 is 11.5 Å². The minimum atomic E-state index is 0.000191. The van der Waals surface area contributed by atoms with Crippen LogP contribution in [0, 0.1) is 0 Å². The first-order valence-electron chi connectivity index (χ1n) is 6.76. The monoisotopic (exact) mass is 277 g/mol. The number of hydrogen-bond acceptors (Lipinski definition) is 3. The highest BCUT2D eigenvalue weighted by atomic mass is 16.1. The molecular formula is C17H15N3O. The van der Waals surface area contributed by atoms with Crippen LogP contribution in [0.2, 0.25) is 0 Å². The lowest BCUT2D eigenvalue weighted by atomic mass is 10.2. The summed E-state index contributed by atoms with van der Waals surface area (Å²) in [5.41, 5.74) is 2.38. The number of carbonyl (C=O) groups excluding carboxylic acids is 1. The number of nitrogens with one attached hydrogen (secondary N) is 1. The van der Waals surface area contributed by atoms with Gasteiger partial charge in [-0.05, 0) is 30.3 Å². The zero-order valence-corrected chi connectivity index (χ0v) is 11.4. The standard InChI is InChI=1S/C17H15N3O/c21-17(13-18-14-7-3-1-4-8-14)16-11-12-19-20(16)15-9-5-2-6-10-15/h1-12,18H,13H2. The van der Waals surface area contributed by atoms with Gasteiger partial charge in [0.2, 0.25) is 0 Å². The molecule has 1 N–H and O–H groups in total. The third kappa shape index (κ3) is 3.00. The number of para-hydroxylation sites is 2. The van der Waals surface area contributed by atoms with Crippen molar-refractivity contribution in [3.05, 3.63) is 78.6 Å². The van der Waals surface area contributed by atoms with Gasteiger partial charge < -0.3 is 5.32 Å². The van der Waals surface area contributed by atoms with Crippen LogP contribution in [-0.4, -0.2) is 22.1 Å². The number of rotatable bonds is 5. The number of aromatic nitrogens is 2. The van der Waals surface area contributed by atoms with Crippen LogP contribution in [0.15, 0.2) is 72.9 Å². The van der Waals surface area contributed by atoms with Crippen molar-refractivity contribution in [2.24, 2.45) is 0 Å². The topological polar surface area (TPSA) is 46.9 Å². The van der Waals surface area contributed by atoms with Gasteiger partial charge in [0.1, 0.15) is 5.69 Å². The molecule has 3 rings (SSSR count). The number of hydrogen-bond donors (Lipinski definition) is 1. The molecule has 0 unspecified atom stereocenters. The van der Waals surface area contributed by atoms with E-state index in [1.54, 1.807) is 16.9 Å². The van der Waals surface area contributed by atoms with Crippen molar-refractivity contribution in [1.82, 2.24) is 9.78 Å². The lowest BCUT2D eigenvalue weighted by Crippen LogP contribution is -2.17. The Labute approximate surface area is 123 Å². The number of nitrogens with zero attached hydrogens (tertiary/aromatic N) is 2. The van der Waals surface area contributed by atoms with Gasteiger partial charge in [-0.1, -0.05) is 36.4 Å². The first kappa shape index (κ1) is 13.1. The Hall–Kier alpha value is -2.88. The molecule has 0 saturated heterocycles. The molecular weight excluding hydrogens is 262 g/mol. The SMILES string of the molecule is O=C(CNc1ccccc1)c1ccnn1-c1ccccc1. The van der Waals surface area contributed by atoms with Gasteiger partial charge in [0.15, 0.2) is 5.78 Å². The van der Waals surface area contributed by atoms with E-state index in [9.17, 15) is 4.79 Å². The van der Waals surface area contributed by atoms with Crippen LogP contribution >= 0.6 is 0 Å². The molecule has 104 valence electrons. The average molecular weight is 277 g/mol. The highest BCUT2D eigenvalue weighted by Crippen LogP contribution is 2.11. The van der Waals surface area contributed by atoms with Gasteiger partial charge in [0.05, 0.1) is 18.4 Å². The van der Waals surface area contributed by atoms with Crippen LogP contribution in [0.5, 0.6) is 0 Å². The van der Waals surface area contributed by atoms with Crippen LogP contribution in [0.25, 0.3) is 5.69 Å². The lowest BCUT2D eigenvalue weighted by molar-refractivity contribution is 0.0999. The smallest absolute Gasteiger partial charge is 0.200 e. The molecule has 0 radical (unpaired) electrons.